The van der Waals surface area contributed by atoms with Crippen molar-refractivity contribution in [3.63, 3.8) is 0 Å². The van der Waals surface area contributed by atoms with Crippen LogP contribution in [0.4, 0.5) is 5.69 Å². The van der Waals surface area contributed by atoms with E-state index in [0.717, 1.165) is 19.3 Å². The Morgan fingerprint density at radius 1 is 1.41 bits per heavy atom. The number of nitro groups is 1. The third-order valence-electron chi connectivity index (χ3n) is 4.49. The van der Waals surface area contributed by atoms with Gasteiger partial charge in [-0.05, 0) is 38.8 Å². The number of nitro benzene ring substituents is 1. The van der Waals surface area contributed by atoms with Crippen LogP contribution in [0.15, 0.2) is 24.3 Å². The van der Waals surface area contributed by atoms with E-state index in [0.29, 0.717) is 26.2 Å². The maximum absolute atomic E-state index is 12.6. The van der Waals surface area contributed by atoms with Gasteiger partial charge in [-0.25, -0.2) is 0 Å². The van der Waals surface area contributed by atoms with E-state index < -0.39 is 16.9 Å². The molecule has 2 amide bonds. The first-order chi connectivity index (χ1) is 12.9. The second kappa shape index (κ2) is 9.98. The number of nitrogens with one attached hydrogen (secondary N) is 1. The molecule has 9 nitrogen and oxygen atoms in total. The molecular formula is C18H26N4O5. The number of non-ortho nitro benzene ring substituents is 1. The van der Waals surface area contributed by atoms with Crippen LogP contribution < -0.4 is 11.1 Å². The maximum atomic E-state index is 12.6. The van der Waals surface area contributed by atoms with Crippen molar-refractivity contribution >= 4 is 17.5 Å². The lowest BCUT2D eigenvalue weighted by Crippen LogP contribution is -2.50. The smallest absolute Gasteiger partial charge is 0.270 e. The molecule has 1 unspecified atom stereocenters. The third-order valence-corrected chi connectivity index (χ3v) is 4.49. The zero-order valence-electron chi connectivity index (χ0n) is 15.4. The lowest BCUT2D eigenvalue weighted by atomic mass is 10.1. The van der Waals surface area contributed by atoms with E-state index in [9.17, 15) is 19.7 Å². The van der Waals surface area contributed by atoms with Crippen LogP contribution in [-0.2, 0) is 9.53 Å². The molecule has 0 radical (unpaired) electrons. The van der Waals surface area contributed by atoms with Crippen molar-refractivity contribution in [2.45, 2.75) is 38.3 Å². The van der Waals surface area contributed by atoms with Gasteiger partial charge in [0.2, 0.25) is 5.91 Å². The number of carbonyl (C=O) groups is 2. The topological polar surface area (TPSA) is 128 Å². The molecule has 1 aromatic rings. The lowest BCUT2D eigenvalue weighted by molar-refractivity contribution is -0.384. The quantitative estimate of drug-likeness (QED) is 0.396. The highest BCUT2D eigenvalue weighted by molar-refractivity contribution is 5.97. The van der Waals surface area contributed by atoms with Crippen LogP contribution in [-0.4, -0.2) is 60.0 Å². The highest BCUT2D eigenvalue weighted by Gasteiger charge is 2.27. The largest absolute Gasteiger partial charge is 0.378 e. The van der Waals surface area contributed by atoms with Gasteiger partial charge < -0.3 is 20.7 Å². The summed E-state index contributed by atoms with van der Waals surface area (Å²) in [5.41, 5.74) is 5.42. The Bertz CT molecular complexity index is 673. The molecular weight excluding hydrogens is 352 g/mol. The Hall–Kier alpha value is -2.52. The van der Waals surface area contributed by atoms with Gasteiger partial charge in [0.25, 0.3) is 11.6 Å². The summed E-state index contributed by atoms with van der Waals surface area (Å²) < 4.78 is 5.72. The molecule has 1 aromatic carbocycles. The van der Waals surface area contributed by atoms with Gasteiger partial charge in [0.15, 0.2) is 0 Å². The van der Waals surface area contributed by atoms with Gasteiger partial charge in [0, 0.05) is 37.4 Å². The second-order valence-electron chi connectivity index (χ2n) is 6.54. The molecule has 27 heavy (non-hydrogen) atoms. The molecule has 9 heteroatoms. The van der Waals surface area contributed by atoms with Gasteiger partial charge in [-0.2, -0.15) is 0 Å². The van der Waals surface area contributed by atoms with Gasteiger partial charge in [0.05, 0.1) is 11.0 Å². The number of hydrogen-bond donors (Lipinski definition) is 2. The fourth-order valence-corrected chi connectivity index (χ4v) is 2.95. The fraction of sp³-hybridized carbons (Fsp3) is 0.556. The average molecular weight is 378 g/mol. The molecule has 1 aliphatic heterocycles. The molecule has 3 N–H and O–H groups in total. The van der Waals surface area contributed by atoms with E-state index in [1.54, 1.807) is 11.8 Å². The molecule has 2 rings (SSSR count). The van der Waals surface area contributed by atoms with Gasteiger partial charge in [-0.1, -0.05) is 6.07 Å². The number of likely N-dealkylation sites (tertiary alicyclic amines) is 1. The zero-order valence-corrected chi connectivity index (χ0v) is 15.4. The molecule has 1 atom stereocenters. The van der Waals surface area contributed by atoms with Crippen molar-refractivity contribution in [3.8, 4) is 0 Å². The van der Waals surface area contributed by atoms with E-state index >= 15 is 0 Å². The monoisotopic (exact) mass is 378 g/mol. The summed E-state index contributed by atoms with van der Waals surface area (Å²) >= 11 is 0. The SMILES string of the molecule is CC(NC(=O)c1cccc([N+](=O)[O-])c1)C(=O)N1CCC(OCCCN)CC1. The number of benzene rings is 1. The van der Waals surface area contributed by atoms with Crippen molar-refractivity contribution in [1.82, 2.24) is 10.2 Å². The number of piperidine rings is 1. The highest BCUT2D eigenvalue weighted by Crippen LogP contribution is 2.16. The second-order valence-corrected chi connectivity index (χ2v) is 6.54. The van der Waals surface area contributed by atoms with Crippen LogP contribution in [0.3, 0.4) is 0 Å². The molecule has 0 saturated carbocycles. The van der Waals surface area contributed by atoms with E-state index in [-0.39, 0.29) is 23.3 Å². The van der Waals surface area contributed by atoms with Crippen LogP contribution in [0.2, 0.25) is 0 Å². The molecule has 1 heterocycles. The number of ether oxygens (including phenoxy) is 1. The zero-order chi connectivity index (χ0) is 19.8. The molecule has 1 saturated heterocycles. The minimum atomic E-state index is -0.716. The summed E-state index contributed by atoms with van der Waals surface area (Å²) in [4.78, 5) is 36.8. The predicted molar refractivity (Wildman–Crippen MR) is 99.3 cm³/mol. The normalized spacial score (nSPS) is 16.0. The first-order valence-corrected chi connectivity index (χ1v) is 9.08. The van der Waals surface area contributed by atoms with Crippen LogP contribution >= 0.6 is 0 Å². The summed E-state index contributed by atoms with van der Waals surface area (Å²) in [6.45, 7) is 3.98. The van der Waals surface area contributed by atoms with Gasteiger partial charge in [-0.3, -0.25) is 19.7 Å². The molecule has 148 valence electrons. The van der Waals surface area contributed by atoms with Crippen molar-refractivity contribution in [2.24, 2.45) is 5.73 Å². The van der Waals surface area contributed by atoms with Gasteiger partial charge in [-0.15, -0.1) is 0 Å². The van der Waals surface area contributed by atoms with E-state index in [1.165, 1.54) is 24.3 Å². The first kappa shape index (κ1) is 20.8. The number of nitrogens with zero attached hydrogens (tertiary/aromatic N) is 2. The van der Waals surface area contributed by atoms with Gasteiger partial charge >= 0.3 is 0 Å². The first-order valence-electron chi connectivity index (χ1n) is 9.08. The standard InChI is InChI=1S/C18H26N4O5/c1-13(20-17(23)14-4-2-5-15(12-14)22(25)26)18(24)21-9-6-16(7-10-21)27-11-3-8-19/h2,4-5,12-13,16H,3,6-11,19H2,1H3,(H,20,23). The Morgan fingerprint density at radius 2 is 2.11 bits per heavy atom. The van der Waals surface area contributed by atoms with Crippen LogP contribution in [0.1, 0.15) is 36.5 Å². The number of hydrogen-bond acceptors (Lipinski definition) is 6. The third kappa shape index (κ3) is 6.00. The van der Waals surface area contributed by atoms with Crippen molar-refractivity contribution in [3.05, 3.63) is 39.9 Å². The number of nitrogens with two attached hydrogens (primary N) is 1. The Kier molecular flexibility index (Phi) is 7.68. The van der Waals surface area contributed by atoms with Crippen molar-refractivity contribution in [2.75, 3.05) is 26.2 Å². The van der Waals surface area contributed by atoms with Crippen molar-refractivity contribution < 1.29 is 19.2 Å². The Labute approximate surface area is 158 Å². The summed E-state index contributed by atoms with van der Waals surface area (Å²) in [6, 6.07) is 4.70. The molecule has 1 aliphatic rings. The Morgan fingerprint density at radius 3 is 2.74 bits per heavy atom. The summed E-state index contributed by atoms with van der Waals surface area (Å²) in [6.07, 6.45) is 2.46. The van der Waals surface area contributed by atoms with Crippen LogP contribution in [0, 0.1) is 10.1 Å². The number of carbonyl (C=O) groups excluding carboxylic acids is 2. The lowest BCUT2D eigenvalue weighted by Gasteiger charge is -2.33. The van der Waals surface area contributed by atoms with Gasteiger partial charge in [0.1, 0.15) is 6.04 Å². The van der Waals surface area contributed by atoms with E-state index in [4.69, 9.17) is 10.5 Å². The van der Waals surface area contributed by atoms with E-state index in [2.05, 4.69) is 5.32 Å². The minimum Gasteiger partial charge on any atom is -0.378 e. The van der Waals surface area contributed by atoms with E-state index in [1.807, 2.05) is 0 Å². The Balaban J connectivity index is 1.84. The highest BCUT2D eigenvalue weighted by atomic mass is 16.6. The average Bonchev–Trinajstić information content (AvgIpc) is 2.68. The summed E-state index contributed by atoms with van der Waals surface area (Å²) in [5, 5.41) is 13.4. The fourth-order valence-electron chi connectivity index (χ4n) is 2.95. The molecule has 0 aliphatic carbocycles. The molecule has 0 aromatic heterocycles. The maximum Gasteiger partial charge on any atom is 0.270 e. The predicted octanol–water partition coefficient (Wildman–Crippen LogP) is 1.07. The molecule has 0 bridgehead atoms. The minimum absolute atomic E-state index is 0.135. The van der Waals surface area contributed by atoms with Crippen LogP contribution in [0.5, 0.6) is 0 Å². The number of rotatable bonds is 8. The molecule has 1 fully saturated rings. The summed E-state index contributed by atoms with van der Waals surface area (Å²) in [5.74, 6) is -0.686. The molecule has 0 spiro atoms. The van der Waals surface area contributed by atoms with Crippen molar-refractivity contribution in [1.29, 1.82) is 0 Å². The summed E-state index contributed by atoms with van der Waals surface area (Å²) in [7, 11) is 0. The number of amides is 2. The van der Waals surface area contributed by atoms with Crippen LogP contribution in [0.25, 0.3) is 0 Å².